The first-order chi connectivity index (χ1) is 13.5. The second-order valence-electron chi connectivity index (χ2n) is 6.22. The average Bonchev–Trinajstić information content (AvgIpc) is 2.71. The first-order valence-electron chi connectivity index (χ1n) is 8.76. The van der Waals surface area contributed by atoms with Crippen LogP contribution >= 0.6 is 0 Å². The lowest BCUT2D eigenvalue weighted by Crippen LogP contribution is -2.41. The van der Waals surface area contributed by atoms with E-state index in [1.54, 1.807) is 24.3 Å². The molecule has 1 aliphatic rings. The molecule has 1 aliphatic heterocycles. The average molecular weight is 378 g/mol. The monoisotopic (exact) mass is 378 g/mol. The van der Waals surface area contributed by atoms with Gasteiger partial charge in [0.2, 0.25) is 0 Å². The maximum Gasteiger partial charge on any atom is 0.306 e. The lowest BCUT2D eigenvalue weighted by atomic mass is 9.94. The number of carbonyl (C=O) groups excluding carboxylic acids is 4. The fourth-order valence-electron chi connectivity index (χ4n) is 3.08. The van der Waals surface area contributed by atoms with Crippen molar-refractivity contribution in [2.24, 2.45) is 0 Å². The summed E-state index contributed by atoms with van der Waals surface area (Å²) >= 11 is 0. The SMILES string of the molecule is C#CCNC(=O)COC(=O)CCCN1C(=O)c2cccc3cccc(c23)C1=O. The maximum absolute atomic E-state index is 12.7. The highest BCUT2D eigenvalue weighted by Crippen LogP contribution is 2.29. The van der Waals surface area contributed by atoms with E-state index in [1.165, 1.54) is 0 Å². The molecule has 2 aromatic carbocycles. The molecule has 0 unspecified atom stereocenters. The minimum Gasteiger partial charge on any atom is -0.456 e. The normalized spacial score (nSPS) is 12.6. The number of rotatable bonds is 7. The van der Waals surface area contributed by atoms with E-state index < -0.39 is 18.5 Å². The third-order valence-corrected chi connectivity index (χ3v) is 4.37. The van der Waals surface area contributed by atoms with Crippen LogP contribution in [0.4, 0.5) is 0 Å². The van der Waals surface area contributed by atoms with Gasteiger partial charge < -0.3 is 10.1 Å². The zero-order valence-corrected chi connectivity index (χ0v) is 15.1. The van der Waals surface area contributed by atoms with Crippen molar-refractivity contribution in [3.05, 3.63) is 47.5 Å². The molecule has 1 N–H and O–H groups in total. The standard InChI is InChI=1S/C21H18N2O5/c1-2-11-22-17(24)13-28-18(25)10-5-12-23-20(26)15-8-3-6-14-7-4-9-16(19(14)15)21(23)27/h1,3-4,6-9H,5,10-13H2,(H,22,24). The van der Waals surface area contributed by atoms with Gasteiger partial charge >= 0.3 is 5.97 Å². The molecule has 2 aromatic rings. The summed E-state index contributed by atoms with van der Waals surface area (Å²) in [4.78, 5) is 49.7. The van der Waals surface area contributed by atoms with Crippen molar-refractivity contribution in [3.63, 3.8) is 0 Å². The first kappa shape index (κ1) is 19.1. The van der Waals surface area contributed by atoms with Crippen molar-refractivity contribution < 1.29 is 23.9 Å². The van der Waals surface area contributed by atoms with Gasteiger partial charge in [-0.2, -0.15) is 0 Å². The van der Waals surface area contributed by atoms with Crippen molar-refractivity contribution in [3.8, 4) is 12.3 Å². The molecule has 142 valence electrons. The number of terminal acetylenes is 1. The van der Waals surface area contributed by atoms with E-state index in [0.717, 1.165) is 10.3 Å². The summed E-state index contributed by atoms with van der Waals surface area (Å²) in [5, 5.41) is 3.87. The first-order valence-corrected chi connectivity index (χ1v) is 8.76. The number of nitrogens with zero attached hydrogens (tertiary/aromatic N) is 1. The molecule has 0 fully saturated rings. The van der Waals surface area contributed by atoms with Crippen LogP contribution in [0.5, 0.6) is 0 Å². The van der Waals surface area contributed by atoms with Crippen molar-refractivity contribution in [1.29, 1.82) is 0 Å². The highest BCUT2D eigenvalue weighted by atomic mass is 16.5. The molecule has 1 heterocycles. The maximum atomic E-state index is 12.7. The molecule has 3 rings (SSSR count). The summed E-state index contributed by atoms with van der Waals surface area (Å²) in [7, 11) is 0. The van der Waals surface area contributed by atoms with Gasteiger partial charge in [-0.3, -0.25) is 24.1 Å². The molecule has 0 spiro atoms. The largest absolute Gasteiger partial charge is 0.456 e. The Balaban J connectivity index is 1.58. The highest BCUT2D eigenvalue weighted by Gasteiger charge is 2.32. The number of carbonyl (C=O) groups is 4. The summed E-state index contributed by atoms with van der Waals surface area (Å²) in [5.41, 5.74) is 0.945. The van der Waals surface area contributed by atoms with Gasteiger partial charge in [0.05, 0.1) is 6.54 Å². The molecule has 0 aliphatic carbocycles. The van der Waals surface area contributed by atoms with Crippen molar-refractivity contribution in [2.45, 2.75) is 12.8 Å². The molecule has 0 bridgehead atoms. The second kappa shape index (κ2) is 8.35. The van der Waals surface area contributed by atoms with Crippen LogP contribution in [-0.4, -0.2) is 48.3 Å². The third kappa shape index (κ3) is 3.86. The van der Waals surface area contributed by atoms with Gasteiger partial charge in [-0.05, 0) is 23.9 Å². The zero-order chi connectivity index (χ0) is 20.1. The molecule has 7 heteroatoms. The highest BCUT2D eigenvalue weighted by molar-refractivity contribution is 6.25. The number of benzene rings is 2. The van der Waals surface area contributed by atoms with Gasteiger partial charge in [-0.15, -0.1) is 6.42 Å². The summed E-state index contributed by atoms with van der Waals surface area (Å²) in [6.07, 6.45) is 5.23. The van der Waals surface area contributed by atoms with E-state index in [9.17, 15) is 19.2 Å². The molecule has 0 radical (unpaired) electrons. The Bertz CT molecular complexity index is 955. The molecule has 0 atom stereocenters. The summed E-state index contributed by atoms with van der Waals surface area (Å²) in [6.45, 7) is -0.276. The van der Waals surface area contributed by atoms with Crippen LogP contribution in [0, 0.1) is 12.3 Å². The van der Waals surface area contributed by atoms with Crippen LogP contribution in [0.1, 0.15) is 33.6 Å². The minimum absolute atomic E-state index is 0.0225. The topological polar surface area (TPSA) is 92.8 Å². The number of esters is 1. The van der Waals surface area contributed by atoms with E-state index in [0.29, 0.717) is 16.5 Å². The molecular formula is C21H18N2O5. The number of hydrogen-bond acceptors (Lipinski definition) is 5. The molecule has 0 saturated carbocycles. The summed E-state index contributed by atoms with van der Waals surface area (Å²) in [5.74, 6) is 0.405. The molecule has 7 nitrogen and oxygen atoms in total. The smallest absolute Gasteiger partial charge is 0.306 e. The van der Waals surface area contributed by atoms with Gasteiger partial charge in [0, 0.05) is 29.5 Å². The summed E-state index contributed by atoms with van der Waals surface area (Å²) < 4.78 is 4.84. The number of amides is 3. The van der Waals surface area contributed by atoms with Crippen LogP contribution in [0.3, 0.4) is 0 Å². The molecular weight excluding hydrogens is 360 g/mol. The fourth-order valence-corrected chi connectivity index (χ4v) is 3.08. The Morgan fingerprint density at radius 1 is 1.07 bits per heavy atom. The Morgan fingerprint density at radius 2 is 1.71 bits per heavy atom. The van der Waals surface area contributed by atoms with Crippen LogP contribution in [0.2, 0.25) is 0 Å². The third-order valence-electron chi connectivity index (χ3n) is 4.37. The Labute approximate surface area is 161 Å². The number of nitrogens with one attached hydrogen (secondary N) is 1. The van der Waals surface area contributed by atoms with E-state index in [1.807, 2.05) is 12.1 Å². The predicted molar refractivity (Wildman–Crippen MR) is 101 cm³/mol. The minimum atomic E-state index is -0.588. The lowest BCUT2D eigenvalue weighted by Gasteiger charge is -2.27. The van der Waals surface area contributed by atoms with E-state index >= 15 is 0 Å². The van der Waals surface area contributed by atoms with Gasteiger partial charge in [0.25, 0.3) is 17.7 Å². The predicted octanol–water partition coefficient (Wildman–Crippen LogP) is 1.51. The van der Waals surface area contributed by atoms with E-state index in [2.05, 4.69) is 11.2 Å². The van der Waals surface area contributed by atoms with Crippen molar-refractivity contribution >= 4 is 34.5 Å². The fraction of sp³-hybridized carbons (Fsp3) is 0.238. The van der Waals surface area contributed by atoms with Gasteiger partial charge in [0.1, 0.15) is 0 Å². The van der Waals surface area contributed by atoms with Gasteiger partial charge in [0.15, 0.2) is 6.61 Å². The molecule has 0 saturated heterocycles. The van der Waals surface area contributed by atoms with Crippen molar-refractivity contribution in [2.75, 3.05) is 19.7 Å². The molecule has 0 aromatic heterocycles. The van der Waals surface area contributed by atoms with Gasteiger partial charge in [-0.1, -0.05) is 30.2 Å². The molecule has 28 heavy (non-hydrogen) atoms. The zero-order valence-electron chi connectivity index (χ0n) is 15.1. The van der Waals surface area contributed by atoms with Crippen LogP contribution in [-0.2, 0) is 14.3 Å². The Hall–Kier alpha value is -3.66. The number of ether oxygens (including phenoxy) is 1. The molecule has 3 amide bonds. The quantitative estimate of drug-likeness (QED) is 0.448. The van der Waals surface area contributed by atoms with Gasteiger partial charge in [-0.25, -0.2) is 0 Å². The van der Waals surface area contributed by atoms with E-state index in [-0.39, 0.29) is 37.7 Å². The number of imide groups is 1. The lowest BCUT2D eigenvalue weighted by molar-refractivity contribution is -0.148. The number of hydrogen-bond donors (Lipinski definition) is 1. The van der Waals surface area contributed by atoms with E-state index in [4.69, 9.17) is 11.2 Å². The Morgan fingerprint density at radius 3 is 2.32 bits per heavy atom. The van der Waals surface area contributed by atoms with Crippen LogP contribution in [0.15, 0.2) is 36.4 Å². The van der Waals surface area contributed by atoms with Crippen LogP contribution in [0.25, 0.3) is 10.8 Å². The van der Waals surface area contributed by atoms with Crippen molar-refractivity contribution in [1.82, 2.24) is 10.2 Å². The Kier molecular flexibility index (Phi) is 5.70. The van der Waals surface area contributed by atoms with Crippen LogP contribution < -0.4 is 5.32 Å². The second-order valence-corrected chi connectivity index (χ2v) is 6.22. The summed E-state index contributed by atoms with van der Waals surface area (Å²) in [6, 6.07) is 10.6.